The molecule has 8 heteroatoms. The highest BCUT2D eigenvalue weighted by molar-refractivity contribution is 5.72. The SMILES string of the molecule is CC[C@@H](O)Cn1nc(-c2ccco2)nc1Cn1c(=O)oc2ccccc21. The number of fused-ring (bicyclic) bond motifs is 1. The predicted octanol–water partition coefficient (Wildman–Crippen LogP) is 2.27. The van der Waals surface area contributed by atoms with E-state index in [2.05, 4.69) is 10.1 Å². The Morgan fingerprint density at radius 3 is 2.85 bits per heavy atom. The molecular formula is C18H18N4O4. The van der Waals surface area contributed by atoms with E-state index in [9.17, 15) is 9.90 Å². The van der Waals surface area contributed by atoms with Crippen LogP contribution >= 0.6 is 0 Å². The van der Waals surface area contributed by atoms with Gasteiger partial charge in [0, 0.05) is 0 Å². The van der Waals surface area contributed by atoms with E-state index in [1.54, 1.807) is 29.1 Å². The smallest absolute Gasteiger partial charge is 0.420 e. The zero-order valence-corrected chi connectivity index (χ0v) is 14.2. The number of benzene rings is 1. The molecular weight excluding hydrogens is 336 g/mol. The maximum atomic E-state index is 12.2. The van der Waals surface area contributed by atoms with E-state index >= 15 is 0 Å². The highest BCUT2D eigenvalue weighted by Gasteiger charge is 2.18. The number of rotatable bonds is 6. The summed E-state index contributed by atoms with van der Waals surface area (Å²) < 4.78 is 13.7. The minimum absolute atomic E-state index is 0.181. The highest BCUT2D eigenvalue weighted by atomic mass is 16.4. The van der Waals surface area contributed by atoms with E-state index in [1.807, 2.05) is 25.1 Å². The van der Waals surface area contributed by atoms with E-state index < -0.39 is 11.9 Å². The third-order valence-electron chi connectivity index (χ3n) is 4.22. The van der Waals surface area contributed by atoms with Gasteiger partial charge in [-0.05, 0) is 30.7 Å². The molecule has 3 heterocycles. The molecule has 0 radical (unpaired) electrons. The van der Waals surface area contributed by atoms with Crippen LogP contribution in [0.1, 0.15) is 19.2 Å². The molecule has 0 fully saturated rings. The van der Waals surface area contributed by atoms with Crippen LogP contribution in [0.4, 0.5) is 0 Å². The van der Waals surface area contributed by atoms with Crippen LogP contribution in [-0.4, -0.2) is 30.5 Å². The van der Waals surface area contributed by atoms with Gasteiger partial charge in [0.15, 0.2) is 11.3 Å². The lowest BCUT2D eigenvalue weighted by Gasteiger charge is -2.10. The Labute approximate surface area is 148 Å². The van der Waals surface area contributed by atoms with Gasteiger partial charge in [0.25, 0.3) is 0 Å². The average Bonchev–Trinajstić information content (AvgIpc) is 3.36. The fraction of sp³-hybridized carbons (Fsp3) is 0.278. The van der Waals surface area contributed by atoms with Gasteiger partial charge in [-0.3, -0.25) is 4.57 Å². The van der Waals surface area contributed by atoms with Crippen LogP contribution in [0.5, 0.6) is 0 Å². The second kappa shape index (κ2) is 6.64. The van der Waals surface area contributed by atoms with Gasteiger partial charge in [0.2, 0.25) is 5.82 Å². The summed E-state index contributed by atoms with van der Waals surface area (Å²) in [7, 11) is 0. The van der Waals surface area contributed by atoms with Crippen molar-refractivity contribution < 1.29 is 13.9 Å². The molecule has 1 aromatic carbocycles. The topological polar surface area (TPSA) is 99.2 Å². The zero-order chi connectivity index (χ0) is 18.1. The summed E-state index contributed by atoms with van der Waals surface area (Å²) in [5.41, 5.74) is 1.20. The average molecular weight is 354 g/mol. The molecule has 0 amide bonds. The molecule has 0 aliphatic rings. The van der Waals surface area contributed by atoms with Gasteiger partial charge in [-0.15, -0.1) is 5.10 Å². The van der Waals surface area contributed by atoms with Gasteiger partial charge in [0.05, 0.1) is 31.0 Å². The van der Waals surface area contributed by atoms with E-state index in [4.69, 9.17) is 8.83 Å². The second-order valence-electron chi connectivity index (χ2n) is 5.99. The van der Waals surface area contributed by atoms with Crippen LogP contribution in [0.3, 0.4) is 0 Å². The number of hydrogen-bond acceptors (Lipinski definition) is 6. The van der Waals surface area contributed by atoms with Crippen molar-refractivity contribution >= 4 is 11.1 Å². The molecule has 1 atom stereocenters. The van der Waals surface area contributed by atoms with Gasteiger partial charge in [-0.2, -0.15) is 0 Å². The lowest BCUT2D eigenvalue weighted by molar-refractivity contribution is 0.143. The molecule has 0 unspecified atom stereocenters. The van der Waals surface area contributed by atoms with Crippen LogP contribution in [-0.2, 0) is 13.1 Å². The molecule has 134 valence electrons. The first kappa shape index (κ1) is 16.3. The van der Waals surface area contributed by atoms with Crippen LogP contribution in [0.25, 0.3) is 22.7 Å². The Morgan fingerprint density at radius 2 is 2.08 bits per heavy atom. The number of furan rings is 1. The van der Waals surface area contributed by atoms with Crippen molar-refractivity contribution in [2.24, 2.45) is 0 Å². The Kier molecular flexibility index (Phi) is 4.18. The normalized spacial score (nSPS) is 12.7. The summed E-state index contributed by atoms with van der Waals surface area (Å²) in [6.07, 6.45) is 1.58. The van der Waals surface area contributed by atoms with Crippen LogP contribution in [0.15, 0.2) is 56.3 Å². The van der Waals surface area contributed by atoms with E-state index in [1.165, 1.54) is 4.57 Å². The molecule has 0 spiro atoms. The number of aromatic nitrogens is 4. The van der Waals surface area contributed by atoms with Crippen molar-refractivity contribution in [1.29, 1.82) is 0 Å². The molecule has 0 bridgehead atoms. The maximum absolute atomic E-state index is 12.2. The third kappa shape index (κ3) is 2.95. The molecule has 4 aromatic rings. The van der Waals surface area contributed by atoms with Crippen LogP contribution in [0.2, 0.25) is 0 Å². The van der Waals surface area contributed by atoms with Crippen molar-refractivity contribution in [3.05, 3.63) is 59.0 Å². The first-order valence-electron chi connectivity index (χ1n) is 8.39. The van der Waals surface area contributed by atoms with Gasteiger partial charge in [-0.1, -0.05) is 19.1 Å². The van der Waals surface area contributed by atoms with Crippen molar-refractivity contribution in [3.8, 4) is 11.6 Å². The van der Waals surface area contributed by atoms with Crippen molar-refractivity contribution in [3.63, 3.8) is 0 Å². The highest BCUT2D eigenvalue weighted by Crippen LogP contribution is 2.18. The number of hydrogen-bond donors (Lipinski definition) is 1. The summed E-state index contributed by atoms with van der Waals surface area (Å²) >= 11 is 0. The number of aliphatic hydroxyl groups excluding tert-OH is 1. The van der Waals surface area contributed by atoms with Crippen LogP contribution in [0, 0.1) is 0 Å². The number of oxazole rings is 1. The first-order chi connectivity index (χ1) is 12.7. The quantitative estimate of drug-likeness (QED) is 0.570. The molecule has 0 aliphatic carbocycles. The fourth-order valence-corrected chi connectivity index (χ4v) is 2.78. The molecule has 8 nitrogen and oxygen atoms in total. The van der Waals surface area contributed by atoms with Gasteiger partial charge in [-0.25, -0.2) is 14.5 Å². The number of nitrogens with zero attached hydrogens (tertiary/aromatic N) is 4. The summed E-state index contributed by atoms with van der Waals surface area (Å²) in [6.45, 7) is 2.35. The fourth-order valence-electron chi connectivity index (χ4n) is 2.78. The summed E-state index contributed by atoms with van der Waals surface area (Å²) in [4.78, 5) is 16.7. The molecule has 0 saturated heterocycles. The largest absolute Gasteiger partial charge is 0.461 e. The lowest BCUT2D eigenvalue weighted by Crippen LogP contribution is -2.22. The molecule has 4 rings (SSSR count). The number of para-hydroxylation sites is 2. The molecule has 3 aromatic heterocycles. The Balaban J connectivity index is 1.76. The molecule has 26 heavy (non-hydrogen) atoms. The van der Waals surface area contributed by atoms with Gasteiger partial charge >= 0.3 is 5.76 Å². The lowest BCUT2D eigenvalue weighted by atomic mass is 10.3. The monoisotopic (exact) mass is 354 g/mol. The minimum Gasteiger partial charge on any atom is -0.461 e. The summed E-state index contributed by atoms with van der Waals surface area (Å²) in [5, 5.41) is 14.5. The third-order valence-corrected chi connectivity index (χ3v) is 4.22. The Bertz CT molecular complexity index is 1070. The van der Waals surface area contributed by atoms with Crippen molar-refractivity contribution in [2.75, 3.05) is 0 Å². The second-order valence-corrected chi connectivity index (χ2v) is 5.99. The zero-order valence-electron chi connectivity index (χ0n) is 14.2. The van der Waals surface area contributed by atoms with Crippen molar-refractivity contribution in [2.45, 2.75) is 32.5 Å². The molecule has 0 aliphatic heterocycles. The Morgan fingerprint density at radius 1 is 1.23 bits per heavy atom. The Hall–Kier alpha value is -3.13. The van der Waals surface area contributed by atoms with Crippen LogP contribution < -0.4 is 5.76 Å². The predicted molar refractivity (Wildman–Crippen MR) is 93.6 cm³/mol. The number of aliphatic hydroxyl groups is 1. The van der Waals surface area contributed by atoms with E-state index in [-0.39, 0.29) is 13.1 Å². The van der Waals surface area contributed by atoms with E-state index in [0.717, 1.165) is 0 Å². The maximum Gasteiger partial charge on any atom is 0.420 e. The minimum atomic E-state index is -0.558. The standard InChI is InChI=1S/C18H18N4O4/c1-2-12(23)10-22-16(19-17(20-22)15-8-5-9-25-15)11-21-13-6-3-4-7-14(13)26-18(21)24/h3-9,12,23H,2,10-11H2,1H3/t12-/m1/s1. The van der Waals surface area contributed by atoms with Crippen molar-refractivity contribution in [1.82, 2.24) is 19.3 Å². The molecule has 1 N–H and O–H groups in total. The van der Waals surface area contributed by atoms with Gasteiger partial charge in [0.1, 0.15) is 5.82 Å². The van der Waals surface area contributed by atoms with Gasteiger partial charge < -0.3 is 13.9 Å². The summed E-state index contributed by atoms with van der Waals surface area (Å²) in [6, 6.07) is 10.7. The van der Waals surface area contributed by atoms with E-state index in [0.29, 0.717) is 34.9 Å². The molecule has 0 saturated carbocycles. The first-order valence-corrected chi connectivity index (χ1v) is 8.39. The summed E-state index contributed by atoms with van der Waals surface area (Å²) in [5.74, 6) is 1.02.